The van der Waals surface area contributed by atoms with Gasteiger partial charge in [-0.15, -0.1) is 0 Å². The Balaban J connectivity index is 2.13. The van der Waals surface area contributed by atoms with Gasteiger partial charge in [-0.3, -0.25) is 0 Å². The minimum Gasteiger partial charge on any atom is -0.489 e. The molecule has 3 heteroatoms. The lowest BCUT2D eigenvalue weighted by molar-refractivity contribution is 0.303. The van der Waals surface area contributed by atoms with Crippen molar-refractivity contribution in [3.8, 4) is 5.75 Å². The lowest BCUT2D eigenvalue weighted by Crippen LogP contribution is -1.99. The van der Waals surface area contributed by atoms with E-state index >= 15 is 0 Å². The fourth-order valence-corrected chi connectivity index (χ4v) is 2.35. The predicted molar refractivity (Wildman–Crippen MR) is 79.6 cm³/mol. The third-order valence-corrected chi connectivity index (χ3v) is 3.65. The number of benzene rings is 2. The van der Waals surface area contributed by atoms with Gasteiger partial charge in [-0.2, -0.15) is 0 Å². The number of hydrogen-bond donors (Lipinski definition) is 0. The first kappa shape index (κ1) is 13.4. The van der Waals surface area contributed by atoms with Crippen molar-refractivity contribution in [3.05, 3.63) is 64.2 Å². The van der Waals surface area contributed by atoms with Gasteiger partial charge in [0.25, 0.3) is 0 Å². The van der Waals surface area contributed by atoms with Crippen molar-refractivity contribution in [1.82, 2.24) is 0 Å². The van der Waals surface area contributed by atoms with Crippen molar-refractivity contribution in [2.45, 2.75) is 18.9 Å². The summed E-state index contributed by atoms with van der Waals surface area (Å²) in [5.41, 5.74) is 3.51. The van der Waals surface area contributed by atoms with Gasteiger partial charge in [0.05, 0.1) is 0 Å². The van der Waals surface area contributed by atoms with Crippen LogP contribution in [0.25, 0.3) is 0 Å². The predicted octanol–water partition coefficient (Wildman–Crippen LogP) is 5.12. The number of hydrogen-bond acceptors (Lipinski definition) is 1. The Morgan fingerprint density at radius 1 is 1.11 bits per heavy atom. The summed E-state index contributed by atoms with van der Waals surface area (Å²) in [6.07, 6.45) is 0. The average Bonchev–Trinajstić information content (AvgIpc) is 2.39. The molecule has 0 heterocycles. The second-order valence-electron chi connectivity index (χ2n) is 4.10. The molecule has 2 rings (SSSR count). The van der Waals surface area contributed by atoms with E-state index in [0.717, 1.165) is 21.7 Å². The first-order chi connectivity index (χ1) is 8.70. The fourth-order valence-electron chi connectivity index (χ4n) is 1.72. The van der Waals surface area contributed by atoms with Gasteiger partial charge in [0, 0.05) is 15.9 Å². The highest BCUT2D eigenvalue weighted by atomic mass is 79.9. The lowest BCUT2D eigenvalue weighted by atomic mass is 10.1. The Hall–Kier alpha value is -0.990. The molecule has 0 radical (unpaired) electrons. The van der Waals surface area contributed by atoms with E-state index in [1.165, 1.54) is 11.1 Å². The van der Waals surface area contributed by atoms with Gasteiger partial charge in [0.1, 0.15) is 12.4 Å². The van der Waals surface area contributed by atoms with Crippen LogP contribution in [0.5, 0.6) is 5.75 Å². The Morgan fingerprint density at radius 3 is 2.61 bits per heavy atom. The van der Waals surface area contributed by atoms with E-state index in [9.17, 15) is 0 Å². The van der Waals surface area contributed by atoms with E-state index in [1.807, 2.05) is 30.3 Å². The molecule has 1 nitrogen and oxygen atoms in total. The maximum atomic E-state index is 5.96. The molecule has 0 aliphatic heterocycles. The van der Waals surface area contributed by atoms with Crippen LogP contribution in [0.2, 0.25) is 5.02 Å². The van der Waals surface area contributed by atoms with Crippen molar-refractivity contribution < 1.29 is 4.74 Å². The molecule has 0 saturated heterocycles. The molecule has 0 bridgehead atoms. The standard InChI is InChI=1S/C15H14BrClO/c1-11-4-2-3-5-12(11)10-18-15-7-6-14(17)8-13(15)9-16/h2-8H,9-10H2,1H3. The summed E-state index contributed by atoms with van der Waals surface area (Å²) in [5, 5.41) is 1.46. The largest absolute Gasteiger partial charge is 0.489 e. The minimum atomic E-state index is 0.578. The van der Waals surface area contributed by atoms with Crippen LogP contribution < -0.4 is 4.74 Å². The summed E-state index contributed by atoms with van der Waals surface area (Å²) < 4.78 is 5.86. The third kappa shape index (κ3) is 3.27. The summed E-state index contributed by atoms with van der Waals surface area (Å²) in [5.74, 6) is 0.875. The van der Waals surface area contributed by atoms with Gasteiger partial charge in [0.15, 0.2) is 0 Å². The van der Waals surface area contributed by atoms with Crippen molar-refractivity contribution in [2.24, 2.45) is 0 Å². The van der Waals surface area contributed by atoms with E-state index in [-0.39, 0.29) is 0 Å². The zero-order valence-electron chi connectivity index (χ0n) is 10.1. The minimum absolute atomic E-state index is 0.578. The molecule has 0 fully saturated rings. The van der Waals surface area contributed by atoms with Crippen LogP contribution in [0.4, 0.5) is 0 Å². The summed E-state index contributed by atoms with van der Waals surface area (Å²) >= 11 is 9.41. The van der Waals surface area contributed by atoms with Crippen LogP contribution in [-0.2, 0) is 11.9 Å². The highest BCUT2D eigenvalue weighted by molar-refractivity contribution is 9.08. The van der Waals surface area contributed by atoms with E-state index in [0.29, 0.717) is 6.61 Å². The molecule has 94 valence electrons. The van der Waals surface area contributed by atoms with E-state index in [1.54, 1.807) is 0 Å². The van der Waals surface area contributed by atoms with Crippen molar-refractivity contribution in [3.63, 3.8) is 0 Å². The molecule has 0 spiro atoms. The first-order valence-electron chi connectivity index (χ1n) is 5.72. The Kier molecular flexibility index (Phi) is 4.67. The molecule has 0 saturated carbocycles. The molecule has 0 unspecified atom stereocenters. The van der Waals surface area contributed by atoms with Gasteiger partial charge in [-0.05, 0) is 36.2 Å². The summed E-state index contributed by atoms with van der Waals surface area (Å²) in [6, 6.07) is 13.9. The molecule has 0 N–H and O–H groups in total. The van der Waals surface area contributed by atoms with Crippen molar-refractivity contribution >= 4 is 27.5 Å². The second kappa shape index (κ2) is 6.26. The Morgan fingerprint density at radius 2 is 1.89 bits per heavy atom. The fraction of sp³-hybridized carbons (Fsp3) is 0.200. The van der Waals surface area contributed by atoms with Crippen molar-refractivity contribution in [2.75, 3.05) is 0 Å². The molecule has 0 atom stereocenters. The first-order valence-corrected chi connectivity index (χ1v) is 7.22. The highest BCUT2D eigenvalue weighted by Gasteiger charge is 2.05. The molecule has 0 amide bonds. The summed E-state index contributed by atoms with van der Waals surface area (Å²) in [6.45, 7) is 2.67. The molecular formula is C15H14BrClO. The average molecular weight is 326 g/mol. The van der Waals surface area contributed by atoms with Gasteiger partial charge in [0.2, 0.25) is 0 Å². The van der Waals surface area contributed by atoms with E-state index in [4.69, 9.17) is 16.3 Å². The van der Waals surface area contributed by atoms with Gasteiger partial charge in [-0.1, -0.05) is 51.8 Å². The second-order valence-corrected chi connectivity index (χ2v) is 5.10. The normalized spacial score (nSPS) is 10.4. The monoisotopic (exact) mass is 324 g/mol. The lowest BCUT2D eigenvalue weighted by Gasteiger charge is -2.11. The number of aryl methyl sites for hydroxylation is 1. The van der Waals surface area contributed by atoms with Crippen LogP contribution >= 0.6 is 27.5 Å². The highest BCUT2D eigenvalue weighted by Crippen LogP contribution is 2.26. The van der Waals surface area contributed by atoms with Crippen molar-refractivity contribution in [1.29, 1.82) is 0 Å². The van der Waals surface area contributed by atoms with Crippen LogP contribution in [0.3, 0.4) is 0 Å². The van der Waals surface area contributed by atoms with Gasteiger partial charge < -0.3 is 4.74 Å². The quantitative estimate of drug-likeness (QED) is 0.709. The molecule has 18 heavy (non-hydrogen) atoms. The van der Waals surface area contributed by atoms with Gasteiger partial charge >= 0.3 is 0 Å². The molecule has 0 aliphatic rings. The number of rotatable bonds is 4. The number of alkyl halides is 1. The van der Waals surface area contributed by atoms with E-state index < -0.39 is 0 Å². The van der Waals surface area contributed by atoms with Crippen LogP contribution in [0.15, 0.2) is 42.5 Å². The molecule has 0 aromatic heterocycles. The smallest absolute Gasteiger partial charge is 0.123 e. The number of halogens is 2. The Labute approximate surface area is 121 Å². The number of ether oxygens (including phenoxy) is 1. The van der Waals surface area contributed by atoms with Crippen LogP contribution in [-0.4, -0.2) is 0 Å². The van der Waals surface area contributed by atoms with Crippen LogP contribution in [0, 0.1) is 6.92 Å². The molecule has 2 aromatic rings. The molecular weight excluding hydrogens is 312 g/mol. The van der Waals surface area contributed by atoms with E-state index in [2.05, 4.69) is 35.0 Å². The van der Waals surface area contributed by atoms with Gasteiger partial charge in [-0.25, -0.2) is 0 Å². The van der Waals surface area contributed by atoms with Crippen LogP contribution in [0.1, 0.15) is 16.7 Å². The molecule has 0 aliphatic carbocycles. The zero-order valence-corrected chi connectivity index (χ0v) is 12.5. The maximum absolute atomic E-state index is 5.96. The summed E-state index contributed by atoms with van der Waals surface area (Å²) in [4.78, 5) is 0. The zero-order chi connectivity index (χ0) is 13.0. The topological polar surface area (TPSA) is 9.23 Å². The third-order valence-electron chi connectivity index (χ3n) is 2.81. The molecule has 2 aromatic carbocycles. The summed E-state index contributed by atoms with van der Waals surface area (Å²) in [7, 11) is 0. The maximum Gasteiger partial charge on any atom is 0.123 e. The Bertz CT molecular complexity index is 540. The SMILES string of the molecule is Cc1ccccc1COc1ccc(Cl)cc1CBr.